The Morgan fingerprint density at radius 3 is 2.33 bits per heavy atom. The molecule has 162 valence electrons. The third-order valence-corrected chi connectivity index (χ3v) is 7.09. The zero-order valence-corrected chi connectivity index (χ0v) is 18.3. The third kappa shape index (κ3) is 4.55. The molecule has 0 bridgehead atoms. The minimum absolute atomic E-state index is 0.00398. The average molecular weight is 432 g/mol. The van der Waals surface area contributed by atoms with Crippen molar-refractivity contribution < 1.29 is 17.9 Å². The van der Waals surface area contributed by atoms with Gasteiger partial charge in [-0.3, -0.25) is 4.90 Å². The van der Waals surface area contributed by atoms with E-state index in [0.29, 0.717) is 31.3 Å². The van der Waals surface area contributed by atoms with Crippen LogP contribution < -0.4 is 19.1 Å². The third-order valence-electron chi connectivity index (χ3n) is 5.67. The molecule has 2 aliphatic rings. The van der Waals surface area contributed by atoms with Crippen LogP contribution in [0.3, 0.4) is 0 Å². The smallest absolute Gasteiger partial charge is 0.240 e. The van der Waals surface area contributed by atoms with Crippen LogP contribution in [0.25, 0.3) is 0 Å². The maximum absolute atomic E-state index is 13.0. The van der Waals surface area contributed by atoms with Crippen LogP contribution in [-0.2, 0) is 10.0 Å². The lowest BCUT2D eigenvalue weighted by Gasteiger charge is -2.28. The molecule has 1 atom stereocenters. The van der Waals surface area contributed by atoms with Crippen molar-refractivity contribution in [2.45, 2.75) is 23.8 Å². The van der Waals surface area contributed by atoms with Crippen LogP contribution in [0.2, 0.25) is 0 Å². The van der Waals surface area contributed by atoms with Crippen molar-refractivity contribution in [3.05, 3.63) is 48.0 Å². The van der Waals surface area contributed by atoms with E-state index in [4.69, 9.17) is 9.47 Å². The fourth-order valence-electron chi connectivity index (χ4n) is 3.97. The van der Waals surface area contributed by atoms with Gasteiger partial charge < -0.3 is 14.4 Å². The number of ether oxygens (including phenoxy) is 2. The zero-order chi connectivity index (χ0) is 21.1. The molecule has 0 radical (unpaired) electrons. The summed E-state index contributed by atoms with van der Waals surface area (Å²) in [6.07, 6.45) is 2.28. The minimum atomic E-state index is -3.67. The highest BCUT2D eigenvalue weighted by Crippen LogP contribution is 2.32. The average Bonchev–Trinajstić information content (AvgIpc) is 3.28. The summed E-state index contributed by atoms with van der Waals surface area (Å²) in [6.45, 7) is 3.17. The van der Waals surface area contributed by atoms with Gasteiger partial charge in [0.15, 0.2) is 11.5 Å². The first-order valence-corrected chi connectivity index (χ1v) is 11.8. The maximum Gasteiger partial charge on any atom is 0.240 e. The Balaban J connectivity index is 1.53. The van der Waals surface area contributed by atoms with Crippen LogP contribution in [0.15, 0.2) is 47.4 Å². The molecule has 0 amide bonds. The van der Waals surface area contributed by atoms with Gasteiger partial charge in [-0.05, 0) is 55.8 Å². The number of anilines is 1. The molecule has 2 aromatic rings. The van der Waals surface area contributed by atoms with Crippen LogP contribution in [0.5, 0.6) is 11.5 Å². The van der Waals surface area contributed by atoms with Crippen LogP contribution in [0.1, 0.15) is 24.4 Å². The van der Waals surface area contributed by atoms with E-state index in [1.54, 1.807) is 12.1 Å². The molecule has 7 nitrogen and oxygen atoms in total. The first-order valence-electron chi connectivity index (χ1n) is 10.3. The van der Waals surface area contributed by atoms with Gasteiger partial charge in [0.1, 0.15) is 13.2 Å². The molecular weight excluding hydrogens is 402 g/mol. The van der Waals surface area contributed by atoms with E-state index in [1.165, 1.54) is 6.07 Å². The van der Waals surface area contributed by atoms with Gasteiger partial charge in [-0.25, -0.2) is 13.1 Å². The second-order valence-corrected chi connectivity index (χ2v) is 9.67. The molecule has 2 aliphatic heterocycles. The van der Waals surface area contributed by atoms with Crippen molar-refractivity contribution in [2.75, 3.05) is 51.8 Å². The van der Waals surface area contributed by atoms with Crippen LogP contribution >= 0.6 is 0 Å². The first-order chi connectivity index (χ1) is 14.4. The zero-order valence-electron chi connectivity index (χ0n) is 17.5. The highest BCUT2D eigenvalue weighted by molar-refractivity contribution is 7.89. The largest absolute Gasteiger partial charge is 0.486 e. The van der Waals surface area contributed by atoms with Gasteiger partial charge in [0, 0.05) is 38.4 Å². The van der Waals surface area contributed by atoms with Crippen molar-refractivity contribution in [1.29, 1.82) is 0 Å². The van der Waals surface area contributed by atoms with Crippen molar-refractivity contribution in [3.8, 4) is 11.5 Å². The number of hydrogen-bond donors (Lipinski definition) is 1. The lowest BCUT2D eigenvalue weighted by atomic mass is 10.1. The SMILES string of the molecule is CN(C)c1ccc([C@H](CNS(=O)(=O)c2ccc3c(c2)OCCO3)N2CCCC2)cc1. The molecule has 1 N–H and O–H groups in total. The molecule has 8 heteroatoms. The summed E-state index contributed by atoms with van der Waals surface area (Å²) in [4.78, 5) is 4.60. The van der Waals surface area contributed by atoms with Crippen molar-refractivity contribution >= 4 is 15.7 Å². The van der Waals surface area contributed by atoms with Crippen molar-refractivity contribution in [2.24, 2.45) is 0 Å². The Morgan fingerprint density at radius 1 is 1.00 bits per heavy atom. The summed E-state index contributed by atoms with van der Waals surface area (Å²) < 4.78 is 39.8. The van der Waals surface area contributed by atoms with Crippen molar-refractivity contribution in [3.63, 3.8) is 0 Å². The number of likely N-dealkylation sites (tertiary alicyclic amines) is 1. The number of nitrogens with one attached hydrogen (secondary N) is 1. The van der Waals surface area contributed by atoms with E-state index in [9.17, 15) is 8.42 Å². The molecule has 2 aromatic carbocycles. The Kier molecular flexibility index (Phi) is 6.17. The monoisotopic (exact) mass is 431 g/mol. The van der Waals surface area contributed by atoms with Crippen LogP contribution in [0, 0.1) is 0 Å². The number of sulfonamides is 1. The van der Waals surface area contributed by atoms with Gasteiger partial charge in [-0.1, -0.05) is 12.1 Å². The first kappa shape index (κ1) is 21.0. The second-order valence-electron chi connectivity index (χ2n) is 7.90. The second kappa shape index (κ2) is 8.83. The summed E-state index contributed by atoms with van der Waals surface area (Å²) in [5.41, 5.74) is 2.24. The lowest BCUT2D eigenvalue weighted by molar-refractivity contribution is 0.171. The standard InChI is InChI=1S/C22H29N3O4S/c1-24(2)18-7-5-17(6-8-18)20(25-11-3-4-12-25)16-23-30(26,27)19-9-10-21-22(15-19)29-14-13-28-21/h5-10,15,20,23H,3-4,11-14,16H2,1-2H3/t20-/m0/s1. The van der Waals surface area contributed by atoms with E-state index < -0.39 is 10.0 Å². The fourth-order valence-corrected chi connectivity index (χ4v) is 5.02. The Labute approximate surface area is 178 Å². The number of hydrogen-bond acceptors (Lipinski definition) is 6. The summed E-state index contributed by atoms with van der Waals surface area (Å²) >= 11 is 0. The Morgan fingerprint density at radius 2 is 1.67 bits per heavy atom. The number of benzene rings is 2. The topological polar surface area (TPSA) is 71.1 Å². The highest BCUT2D eigenvalue weighted by atomic mass is 32.2. The normalized spacial score (nSPS) is 17.7. The number of fused-ring (bicyclic) bond motifs is 1. The Hall–Kier alpha value is -2.29. The molecule has 0 aliphatic carbocycles. The summed E-state index contributed by atoms with van der Waals surface area (Å²) in [7, 11) is 0.348. The predicted molar refractivity (Wildman–Crippen MR) is 117 cm³/mol. The minimum Gasteiger partial charge on any atom is -0.486 e. The quantitative estimate of drug-likeness (QED) is 0.727. The Bertz CT molecular complexity index is 970. The van der Waals surface area contributed by atoms with Gasteiger partial charge in [0.05, 0.1) is 4.90 Å². The molecule has 0 aromatic heterocycles. The van der Waals surface area contributed by atoms with Crippen LogP contribution in [0.4, 0.5) is 5.69 Å². The van der Waals surface area contributed by atoms with Gasteiger partial charge in [-0.2, -0.15) is 0 Å². The van der Waals surface area contributed by atoms with Crippen LogP contribution in [-0.4, -0.2) is 60.3 Å². The van der Waals surface area contributed by atoms with E-state index in [-0.39, 0.29) is 10.9 Å². The van der Waals surface area contributed by atoms with E-state index in [1.807, 2.05) is 14.1 Å². The van der Waals surface area contributed by atoms with Gasteiger partial charge in [0.25, 0.3) is 0 Å². The predicted octanol–water partition coefficient (Wildman–Crippen LogP) is 2.64. The molecule has 1 saturated heterocycles. The van der Waals surface area contributed by atoms with E-state index in [0.717, 1.165) is 37.2 Å². The lowest BCUT2D eigenvalue weighted by Crippen LogP contribution is -2.36. The molecule has 0 saturated carbocycles. The number of rotatable bonds is 7. The summed E-state index contributed by atoms with van der Waals surface area (Å²) in [6, 6.07) is 13.1. The molecule has 4 rings (SSSR count). The van der Waals surface area contributed by atoms with Gasteiger partial charge >= 0.3 is 0 Å². The van der Waals surface area contributed by atoms with Crippen molar-refractivity contribution in [1.82, 2.24) is 9.62 Å². The van der Waals surface area contributed by atoms with E-state index in [2.05, 4.69) is 38.8 Å². The molecular formula is C22H29N3O4S. The molecule has 0 unspecified atom stereocenters. The molecule has 0 spiro atoms. The number of nitrogens with zero attached hydrogens (tertiary/aromatic N) is 2. The van der Waals surface area contributed by atoms with Gasteiger partial charge in [-0.15, -0.1) is 0 Å². The highest BCUT2D eigenvalue weighted by Gasteiger charge is 2.26. The van der Waals surface area contributed by atoms with E-state index >= 15 is 0 Å². The molecule has 2 heterocycles. The van der Waals surface area contributed by atoms with Gasteiger partial charge in [0.2, 0.25) is 10.0 Å². The maximum atomic E-state index is 13.0. The summed E-state index contributed by atoms with van der Waals surface area (Å²) in [5, 5.41) is 0. The fraction of sp³-hybridized carbons (Fsp3) is 0.455. The molecule has 30 heavy (non-hydrogen) atoms. The molecule has 1 fully saturated rings. The summed E-state index contributed by atoms with van der Waals surface area (Å²) in [5.74, 6) is 1.05.